The summed E-state index contributed by atoms with van der Waals surface area (Å²) in [7, 11) is 0. The number of pyridine rings is 1. The third-order valence-corrected chi connectivity index (χ3v) is 3.69. The first-order valence-electron chi connectivity index (χ1n) is 5.94. The van der Waals surface area contributed by atoms with E-state index in [4.69, 9.17) is 16.3 Å². The SMILES string of the molecule is FC1(F)CC(C2CNCc3ccc(Cl)nc3O2)C1. The maximum absolute atomic E-state index is 12.9. The van der Waals surface area contributed by atoms with Gasteiger partial charge < -0.3 is 10.1 Å². The molecule has 0 radical (unpaired) electrons. The fourth-order valence-electron chi connectivity index (χ4n) is 2.45. The number of nitrogens with zero attached hydrogens (tertiary/aromatic N) is 1. The molecule has 1 aromatic rings. The van der Waals surface area contributed by atoms with Crippen LogP contribution in [0, 0.1) is 5.92 Å². The number of alkyl halides is 2. The van der Waals surface area contributed by atoms with Crippen LogP contribution in [0.2, 0.25) is 5.15 Å². The summed E-state index contributed by atoms with van der Waals surface area (Å²) >= 11 is 5.82. The van der Waals surface area contributed by atoms with E-state index in [1.165, 1.54) is 0 Å². The second-order valence-corrected chi connectivity index (χ2v) is 5.30. The monoisotopic (exact) mass is 274 g/mol. The fourth-order valence-corrected chi connectivity index (χ4v) is 2.59. The minimum Gasteiger partial charge on any atom is -0.472 e. The molecule has 1 unspecified atom stereocenters. The van der Waals surface area contributed by atoms with Crippen LogP contribution in [0.4, 0.5) is 8.78 Å². The predicted octanol–water partition coefficient (Wildman–Crippen LogP) is 2.63. The lowest BCUT2D eigenvalue weighted by Gasteiger charge is -2.39. The van der Waals surface area contributed by atoms with Gasteiger partial charge in [0.1, 0.15) is 11.3 Å². The number of ether oxygens (including phenoxy) is 1. The van der Waals surface area contributed by atoms with Gasteiger partial charge in [-0.1, -0.05) is 11.6 Å². The summed E-state index contributed by atoms with van der Waals surface area (Å²) in [5.74, 6) is -2.17. The van der Waals surface area contributed by atoms with Crippen LogP contribution in [0.3, 0.4) is 0 Å². The van der Waals surface area contributed by atoms with E-state index in [2.05, 4.69) is 10.3 Å². The van der Waals surface area contributed by atoms with E-state index in [0.29, 0.717) is 24.1 Å². The summed E-state index contributed by atoms with van der Waals surface area (Å²) in [5, 5.41) is 3.55. The quantitative estimate of drug-likeness (QED) is 0.800. The molecule has 1 aliphatic carbocycles. The van der Waals surface area contributed by atoms with Crippen molar-refractivity contribution >= 4 is 11.6 Å². The number of nitrogens with one attached hydrogen (secondary N) is 1. The highest BCUT2D eigenvalue weighted by molar-refractivity contribution is 6.29. The normalized spacial score (nSPS) is 26.7. The standard InChI is InChI=1S/C12H13ClF2N2O/c13-10-2-1-7-5-16-6-9(18-11(7)17-10)8-3-12(14,15)4-8/h1-2,8-9,16H,3-6H2. The van der Waals surface area contributed by atoms with Gasteiger partial charge in [0.15, 0.2) is 0 Å². The summed E-state index contributed by atoms with van der Waals surface area (Å²) in [6.07, 6.45) is -0.457. The Hall–Kier alpha value is -0.940. The number of fused-ring (bicyclic) bond motifs is 1. The molecule has 1 saturated carbocycles. The minimum atomic E-state index is -2.52. The van der Waals surface area contributed by atoms with Crippen LogP contribution >= 0.6 is 11.6 Å². The molecule has 1 aromatic heterocycles. The largest absolute Gasteiger partial charge is 0.472 e. The molecule has 1 N–H and O–H groups in total. The highest BCUT2D eigenvalue weighted by Gasteiger charge is 2.49. The second-order valence-electron chi connectivity index (χ2n) is 4.91. The summed E-state index contributed by atoms with van der Waals surface area (Å²) < 4.78 is 31.5. The molecule has 1 atom stereocenters. The molecular weight excluding hydrogens is 262 g/mol. The van der Waals surface area contributed by atoms with E-state index in [9.17, 15) is 8.78 Å². The van der Waals surface area contributed by atoms with Crippen molar-refractivity contribution in [2.24, 2.45) is 5.92 Å². The van der Waals surface area contributed by atoms with Gasteiger partial charge in [-0.25, -0.2) is 13.8 Å². The van der Waals surface area contributed by atoms with Crippen LogP contribution in [-0.4, -0.2) is 23.6 Å². The molecule has 18 heavy (non-hydrogen) atoms. The van der Waals surface area contributed by atoms with Gasteiger partial charge in [0, 0.05) is 37.4 Å². The van der Waals surface area contributed by atoms with Crippen LogP contribution in [0.5, 0.6) is 5.88 Å². The Morgan fingerprint density at radius 3 is 2.89 bits per heavy atom. The Kier molecular flexibility index (Phi) is 2.90. The zero-order valence-electron chi connectivity index (χ0n) is 9.63. The molecule has 0 bridgehead atoms. The van der Waals surface area contributed by atoms with E-state index in [-0.39, 0.29) is 24.9 Å². The van der Waals surface area contributed by atoms with Gasteiger partial charge in [-0.05, 0) is 12.1 Å². The molecule has 1 aliphatic heterocycles. The van der Waals surface area contributed by atoms with Crippen LogP contribution in [0.15, 0.2) is 12.1 Å². The van der Waals surface area contributed by atoms with E-state index in [1.807, 2.05) is 6.07 Å². The van der Waals surface area contributed by atoms with Crippen LogP contribution in [0.25, 0.3) is 0 Å². The number of hydrogen-bond acceptors (Lipinski definition) is 3. The zero-order chi connectivity index (χ0) is 12.8. The second kappa shape index (κ2) is 4.31. The predicted molar refractivity (Wildman–Crippen MR) is 63.0 cm³/mol. The number of hydrogen-bond donors (Lipinski definition) is 1. The van der Waals surface area contributed by atoms with Crippen molar-refractivity contribution in [2.75, 3.05) is 6.54 Å². The van der Waals surface area contributed by atoms with Gasteiger partial charge >= 0.3 is 0 Å². The highest BCUT2D eigenvalue weighted by atomic mass is 35.5. The molecule has 0 aromatic carbocycles. The molecule has 1 fully saturated rings. The number of rotatable bonds is 1. The first kappa shape index (κ1) is 12.1. The average Bonchev–Trinajstić information content (AvgIpc) is 2.47. The van der Waals surface area contributed by atoms with Crippen LogP contribution in [-0.2, 0) is 6.54 Å². The third-order valence-electron chi connectivity index (χ3n) is 3.48. The topological polar surface area (TPSA) is 34.2 Å². The molecule has 3 rings (SSSR count). The van der Waals surface area contributed by atoms with Crippen molar-refractivity contribution in [3.8, 4) is 5.88 Å². The lowest BCUT2D eigenvalue weighted by atomic mass is 9.77. The Bertz CT molecular complexity index is 461. The van der Waals surface area contributed by atoms with E-state index in [1.54, 1.807) is 6.07 Å². The van der Waals surface area contributed by atoms with E-state index < -0.39 is 5.92 Å². The summed E-state index contributed by atoms with van der Waals surface area (Å²) in [6.45, 7) is 1.19. The Morgan fingerprint density at radius 1 is 1.39 bits per heavy atom. The molecule has 0 amide bonds. The molecule has 2 aliphatic rings. The fraction of sp³-hybridized carbons (Fsp3) is 0.583. The highest BCUT2D eigenvalue weighted by Crippen LogP contribution is 2.45. The van der Waals surface area contributed by atoms with Gasteiger partial charge in [-0.3, -0.25) is 0 Å². The van der Waals surface area contributed by atoms with Crippen LogP contribution < -0.4 is 10.1 Å². The summed E-state index contributed by atoms with van der Waals surface area (Å²) in [5.41, 5.74) is 0.910. The first-order chi connectivity index (χ1) is 8.53. The molecular formula is C12H13ClF2N2O. The van der Waals surface area contributed by atoms with Crippen molar-refractivity contribution in [1.82, 2.24) is 10.3 Å². The van der Waals surface area contributed by atoms with Gasteiger partial charge in [-0.15, -0.1) is 0 Å². The lowest BCUT2D eigenvalue weighted by Crippen LogP contribution is -2.47. The average molecular weight is 275 g/mol. The Labute approximate surface area is 108 Å². The van der Waals surface area contributed by atoms with Crippen LogP contribution in [0.1, 0.15) is 18.4 Å². The van der Waals surface area contributed by atoms with Crippen molar-refractivity contribution in [3.63, 3.8) is 0 Å². The molecule has 2 heterocycles. The molecule has 0 spiro atoms. The van der Waals surface area contributed by atoms with E-state index in [0.717, 1.165) is 5.56 Å². The lowest BCUT2D eigenvalue weighted by molar-refractivity contribution is -0.135. The maximum atomic E-state index is 12.9. The molecule has 98 valence electrons. The zero-order valence-corrected chi connectivity index (χ0v) is 10.4. The third kappa shape index (κ3) is 2.29. The Balaban J connectivity index is 1.76. The summed E-state index contributed by atoms with van der Waals surface area (Å²) in [6, 6.07) is 3.54. The van der Waals surface area contributed by atoms with Crippen molar-refractivity contribution in [2.45, 2.75) is 31.4 Å². The number of halogens is 3. The maximum Gasteiger partial charge on any atom is 0.249 e. The van der Waals surface area contributed by atoms with Gasteiger partial charge in [0.2, 0.25) is 11.8 Å². The minimum absolute atomic E-state index is 0.102. The Morgan fingerprint density at radius 2 is 2.17 bits per heavy atom. The van der Waals surface area contributed by atoms with E-state index >= 15 is 0 Å². The molecule has 3 nitrogen and oxygen atoms in total. The first-order valence-corrected chi connectivity index (χ1v) is 6.32. The summed E-state index contributed by atoms with van der Waals surface area (Å²) in [4.78, 5) is 4.12. The molecule has 0 saturated heterocycles. The van der Waals surface area contributed by atoms with Gasteiger partial charge in [0.05, 0.1) is 0 Å². The van der Waals surface area contributed by atoms with Gasteiger partial charge in [-0.2, -0.15) is 0 Å². The van der Waals surface area contributed by atoms with Crippen molar-refractivity contribution < 1.29 is 13.5 Å². The van der Waals surface area contributed by atoms with Crippen molar-refractivity contribution in [1.29, 1.82) is 0 Å². The smallest absolute Gasteiger partial charge is 0.249 e. The number of aromatic nitrogens is 1. The van der Waals surface area contributed by atoms with Gasteiger partial charge in [0.25, 0.3) is 0 Å². The van der Waals surface area contributed by atoms with Crippen molar-refractivity contribution in [3.05, 3.63) is 22.8 Å². The molecule has 6 heteroatoms.